The molecule has 0 nitrogen and oxygen atoms in total. The van der Waals surface area contributed by atoms with Crippen LogP contribution >= 0.6 is 45.9 Å². The summed E-state index contributed by atoms with van der Waals surface area (Å²) in [7, 11) is 0. The number of hydrogen-bond acceptors (Lipinski definition) is 2. The van der Waals surface area contributed by atoms with Gasteiger partial charge in [0, 0.05) is 9.75 Å². The Morgan fingerprint density at radius 2 is 1.78 bits per heavy atom. The van der Waals surface area contributed by atoms with E-state index in [1.165, 1.54) is 15.3 Å². The van der Waals surface area contributed by atoms with Crippen molar-refractivity contribution in [2.45, 2.75) is 39.0 Å². The molecule has 2 aromatic rings. The molecule has 2 rings (SSSR count). The van der Waals surface area contributed by atoms with Gasteiger partial charge in [-0.1, -0.05) is 44.0 Å². The lowest BCUT2D eigenvalue weighted by Crippen LogP contribution is -1.98. The van der Waals surface area contributed by atoms with Gasteiger partial charge in [0.2, 0.25) is 0 Å². The smallest absolute Gasteiger partial charge is 0.0934 e. The summed E-state index contributed by atoms with van der Waals surface area (Å²) in [6.45, 7) is 6.69. The summed E-state index contributed by atoms with van der Waals surface area (Å²) >= 11 is 15.5. The van der Waals surface area contributed by atoms with Crippen LogP contribution < -0.4 is 0 Å². The van der Waals surface area contributed by atoms with Crippen LogP contribution in [0.4, 0.5) is 0 Å². The van der Waals surface area contributed by atoms with Crippen molar-refractivity contribution in [1.82, 2.24) is 0 Å². The normalized spacial score (nSPS) is 13.2. The first-order valence-electron chi connectivity index (χ1n) is 6.00. The zero-order valence-corrected chi connectivity index (χ0v) is 13.8. The van der Waals surface area contributed by atoms with Gasteiger partial charge in [-0.05, 0) is 42.0 Å². The molecule has 0 fully saturated rings. The highest BCUT2D eigenvalue weighted by atomic mass is 35.5. The number of rotatable bonds is 4. The lowest BCUT2D eigenvalue weighted by molar-refractivity contribution is 0.758. The van der Waals surface area contributed by atoms with Gasteiger partial charge in [-0.15, -0.1) is 22.7 Å². The van der Waals surface area contributed by atoms with Crippen molar-refractivity contribution in [3.8, 4) is 0 Å². The predicted molar refractivity (Wildman–Crippen MR) is 84.9 cm³/mol. The predicted octanol–water partition coefficient (Wildman–Crippen LogP) is 6.59. The summed E-state index contributed by atoms with van der Waals surface area (Å²) in [5.41, 5.74) is 1.39. The van der Waals surface area contributed by atoms with E-state index in [1.807, 2.05) is 6.07 Å². The average Bonchev–Trinajstić information content (AvgIpc) is 2.85. The summed E-state index contributed by atoms with van der Waals surface area (Å²) in [6, 6.07) is 6.22. The van der Waals surface area contributed by atoms with E-state index >= 15 is 0 Å². The maximum atomic E-state index is 6.14. The van der Waals surface area contributed by atoms with Crippen molar-refractivity contribution in [1.29, 1.82) is 0 Å². The van der Waals surface area contributed by atoms with Crippen LogP contribution in [0.5, 0.6) is 0 Å². The molecule has 18 heavy (non-hydrogen) atoms. The molecule has 0 amide bonds. The molecular formula is C14H16Cl2S2. The minimum atomic E-state index is 0.491. The highest BCUT2D eigenvalue weighted by Crippen LogP contribution is 2.37. The van der Waals surface area contributed by atoms with Crippen molar-refractivity contribution in [2.24, 2.45) is 0 Å². The third-order valence-corrected chi connectivity index (χ3v) is 6.01. The highest BCUT2D eigenvalue weighted by Gasteiger charge is 2.16. The van der Waals surface area contributed by atoms with Crippen molar-refractivity contribution in [2.75, 3.05) is 0 Å². The van der Waals surface area contributed by atoms with Crippen LogP contribution in [0, 0.1) is 0 Å². The van der Waals surface area contributed by atoms with E-state index in [4.69, 9.17) is 23.2 Å². The number of hydrogen-bond donors (Lipinski definition) is 0. The molecule has 2 aromatic heterocycles. The Kier molecular flexibility index (Phi) is 4.76. The molecule has 0 N–H and O–H groups in total. The molecule has 0 aliphatic carbocycles. The van der Waals surface area contributed by atoms with Crippen LogP contribution in [0.15, 0.2) is 18.2 Å². The highest BCUT2D eigenvalue weighted by molar-refractivity contribution is 7.16. The fourth-order valence-electron chi connectivity index (χ4n) is 2.08. The standard InChI is InChI=1S/C14H16Cl2S2/c1-8(2)14-10(7-13(16)18-14)6-9(3)11-4-5-12(15)17-11/h4-5,7-9H,6H2,1-3H3. The van der Waals surface area contributed by atoms with E-state index in [1.54, 1.807) is 22.7 Å². The van der Waals surface area contributed by atoms with E-state index in [0.717, 1.165) is 15.1 Å². The maximum absolute atomic E-state index is 6.14. The van der Waals surface area contributed by atoms with Crippen LogP contribution in [0.1, 0.15) is 47.9 Å². The maximum Gasteiger partial charge on any atom is 0.0934 e. The van der Waals surface area contributed by atoms with Gasteiger partial charge in [0.15, 0.2) is 0 Å². The van der Waals surface area contributed by atoms with Crippen LogP contribution in [0.25, 0.3) is 0 Å². The quantitative estimate of drug-likeness (QED) is 0.596. The van der Waals surface area contributed by atoms with Crippen molar-refractivity contribution < 1.29 is 0 Å². The molecule has 0 bridgehead atoms. The number of halogens is 2. The monoisotopic (exact) mass is 318 g/mol. The lowest BCUT2D eigenvalue weighted by atomic mass is 9.97. The van der Waals surface area contributed by atoms with Crippen LogP contribution in [0.3, 0.4) is 0 Å². The molecule has 98 valence electrons. The molecule has 1 atom stereocenters. The summed E-state index contributed by atoms with van der Waals surface area (Å²) in [5.74, 6) is 1.03. The van der Waals surface area contributed by atoms with Gasteiger partial charge in [-0.3, -0.25) is 0 Å². The van der Waals surface area contributed by atoms with Gasteiger partial charge in [0.1, 0.15) is 0 Å². The molecule has 0 aliphatic rings. The molecule has 0 radical (unpaired) electrons. The molecule has 1 unspecified atom stereocenters. The molecule has 0 spiro atoms. The summed E-state index contributed by atoms with van der Waals surface area (Å²) in [6.07, 6.45) is 1.04. The Morgan fingerprint density at radius 3 is 2.33 bits per heavy atom. The first kappa shape index (κ1) is 14.4. The lowest BCUT2D eigenvalue weighted by Gasteiger charge is -2.11. The summed E-state index contributed by atoms with van der Waals surface area (Å²) in [5, 5.41) is 0. The van der Waals surface area contributed by atoms with E-state index < -0.39 is 0 Å². The van der Waals surface area contributed by atoms with E-state index in [9.17, 15) is 0 Å². The molecule has 0 saturated carbocycles. The number of thiophene rings is 2. The minimum Gasteiger partial charge on any atom is -0.128 e. The summed E-state index contributed by atoms with van der Waals surface area (Å²) < 4.78 is 1.76. The topological polar surface area (TPSA) is 0 Å². The first-order valence-corrected chi connectivity index (χ1v) is 8.39. The fourth-order valence-corrected chi connectivity index (χ4v) is 4.49. The van der Waals surface area contributed by atoms with E-state index in [2.05, 4.69) is 32.9 Å². The van der Waals surface area contributed by atoms with E-state index in [-0.39, 0.29) is 0 Å². The second-order valence-electron chi connectivity index (χ2n) is 4.84. The summed E-state index contributed by atoms with van der Waals surface area (Å²) in [4.78, 5) is 2.76. The Labute approximate surface area is 127 Å². The molecule has 0 saturated heterocycles. The van der Waals surface area contributed by atoms with Gasteiger partial charge in [0.05, 0.1) is 8.67 Å². The fraction of sp³-hybridized carbons (Fsp3) is 0.429. The molecule has 0 aromatic carbocycles. The zero-order valence-electron chi connectivity index (χ0n) is 10.7. The first-order chi connectivity index (χ1) is 8.47. The molecule has 2 heterocycles. The van der Waals surface area contributed by atoms with Crippen LogP contribution in [-0.4, -0.2) is 0 Å². The van der Waals surface area contributed by atoms with Crippen LogP contribution in [-0.2, 0) is 6.42 Å². The third-order valence-electron chi connectivity index (χ3n) is 2.94. The second kappa shape index (κ2) is 5.96. The van der Waals surface area contributed by atoms with Gasteiger partial charge < -0.3 is 0 Å². The van der Waals surface area contributed by atoms with E-state index in [0.29, 0.717) is 11.8 Å². The molecule has 4 heteroatoms. The zero-order chi connectivity index (χ0) is 13.3. The van der Waals surface area contributed by atoms with Gasteiger partial charge in [-0.25, -0.2) is 0 Å². The average molecular weight is 319 g/mol. The van der Waals surface area contributed by atoms with Crippen molar-refractivity contribution in [3.63, 3.8) is 0 Å². The third kappa shape index (κ3) is 3.30. The van der Waals surface area contributed by atoms with Gasteiger partial charge in [-0.2, -0.15) is 0 Å². The Hall–Kier alpha value is -0.0200. The Morgan fingerprint density at radius 1 is 1.06 bits per heavy atom. The van der Waals surface area contributed by atoms with Crippen molar-refractivity contribution in [3.05, 3.63) is 42.2 Å². The van der Waals surface area contributed by atoms with Gasteiger partial charge in [0.25, 0.3) is 0 Å². The Balaban J connectivity index is 2.18. The molecule has 0 aliphatic heterocycles. The second-order valence-corrected chi connectivity index (χ2v) is 8.30. The largest absolute Gasteiger partial charge is 0.128 e. The Bertz CT molecular complexity index is 526. The molecular weight excluding hydrogens is 303 g/mol. The SMILES string of the molecule is CC(C)c1sc(Cl)cc1CC(C)c1ccc(Cl)s1. The van der Waals surface area contributed by atoms with Crippen LogP contribution in [0.2, 0.25) is 8.67 Å². The minimum absolute atomic E-state index is 0.491. The van der Waals surface area contributed by atoms with Gasteiger partial charge >= 0.3 is 0 Å². The van der Waals surface area contributed by atoms with Crippen molar-refractivity contribution >= 4 is 45.9 Å².